The lowest BCUT2D eigenvalue weighted by Gasteiger charge is -2.05. The van der Waals surface area contributed by atoms with Gasteiger partial charge in [0, 0.05) is 17.8 Å². The number of halogens is 2. The molecule has 1 heterocycles. The highest BCUT2D eigenvalue weighted by atomic mass is 79.9. The first-order chi connectivity index (χ1) is 8.61. The molecule has 7 heteroatoms. The van der Waals surface area contributed by atoms with E-state index in [0.29, 0.717) is 16.9 Å². The van der Waals surface area contributed by atoms with Crippen molar-refractivity contribution in [3.8, 4) is 0 Å². The summed E-state index contributed by atoms with van der Waals surface area (Å²) in [7, 11) is 0. The maximum absolute atomic E-state index is 10.8. The average molecular weight is 331 g/mol. The van der Waals surface area contributed by atoms with E-state index in [9.17, 15) is 10.1 Å². The standard InChI is InChI=1S/C11H9BrClN3O2/c12-11-9(2-1-3-10(11)16(17)18)7-15-6-8(4-13)5-14-15/h1-3,5-6H,4,7H2. The predicted molar refractivity (Wildman–Crippen MR) is 71.7 cm³/mol. The minimum atomic E-state index is -0.416. The average Bonchev–Trinajstić information content (AvgIpc) is 2.79. The maximum atomic E-state index is 10.8. The largest absolute Gasteiger partial charge is 0.283 e. The quantitative estimate of drug-likeness (QED) is 0.491. The number of hydrogen-bond acceptors (Lipinski definition) is 3. The maximum Gasteiger partial charge on any atom is 0.283 e. The number of aromatic nitrogens is 2. The van der Waals surface area contributed by atoms with Gasteiger partial charge in [0.15, 0.2) is 0 Å². The smallest absolute Gasteiger partial charge is 0.268 e. The van der Waals surface area contributed by atoms with Crippen LogP contribution in [-0.4, -0.2) is 14.7 Å². The van der Waals surface area contributed by atoms with Crippen LogP contribution in [0, 0.1) is 10.1 Å². The highest BCUT2D eigenvalue weighted by Crippen LogP contribution is 2.28. The van der Waals surface area contributed by atoms with E-state index >= 15 is 0 Å². The van der Waals surface area contributed by atoms with Crippen molar-refractivity contribution < 1.29 is 4.92 Å². The number of nitrogens with zero attached hydrogens (tertiary/aromatic N) is 3. The first kappa shape index (κ1) is 13.0. The molecule has 0 aliphatic rings. The number of hydrogen-bond donors (Lipinski definition) is 0. The molecule has 0 aliphatic carbocycles. The number of nitro groups is 1. The summed E-state index contributed by atoms with van der Waals surface area (Å²) < 4.78 is 2.18. The van der Waals surface area contributed by atoms with E-state index in [4.69, 9.17) is 11.6 Å². The lowest BCUT2D eigenvalue weighted by Crippen LogP contribution is -2.02. The van der Waals surface area contributed by atoms with Crippen molar-refractivity contribution >= 4 is 33.2 Å². The van der Waals surface area contributed by atoms with Gasteiger partial charge in [-0.2, -0.15) is 5.10 Å². The van der Waals surface area contributed by atoms with E-state index in [2.05, 4.69) is 21.0 Å². The molecule has 94 valence electrons. The zero-order valence-corrected chi connectivity index (χ0v) is 11.6. The number of benzene rings is 1. The second-order valence-corrected chi connectivity index (χ2v) is 4.75. The van der Waals surface area contributed by atoms with Crippen LogP contribution in [0.3, 0.4) is 0 Å². The Morgan fingerprint density at radius 1 is 1.50 bits per heavy atom. The van der Waals surface area contributed by atoms with Crippen LogP contribution in [0.4, 0.5) is 5.69 Å². The van der Waals surface area contributed by atoms with Crippen molar-refractivity contribution in [1.29, 1.82) is 0 Å². The summed E-state index contributed by atoms with van der Waals surface area (Å²) in [6, 6.07) is 4.93. The number of alkyl halides is 1. The lowest BCUT2D eigenvalue weighted by atomic mass is 10.2. The summed E-state index contributed by atoms with van der Waals surface area (Å²) in [5, 5.41) is 15.0. The fraction of sp³-hybridized carbons (Fsp3) is 0.182. The van der Waals surface area contributed by atoms with Gasteiger partial charge in [-0.3, -0.25) is 14.8 Å². The number of nitro benzene ring substituents is 1. The van der Waals surface area contributed by atoms with Crippen molar-refractivity contribution in [3.05, 3.63) is 56.3 Å². The molecular weight excluding hydrogens is 321 g/mol. The third-order valence-corrected chi connectivity index (χ3v) is 3.65. The van der Waals surface area contributed by atoms with Crippen LogP contribution in [-0.2, 0) is 12.4 Å². The van der Waals surface area contributed by atoms with E-state index in [1.54, 1.807) is 16.9 Å². The molecule has 1 aromatic carbocycles. The van der Waals surface area contributed by atoms with E-state index in [1.807, 2.05) is 12.3 Å². The third-order valence-electron chi connectivity index (χ3n) is 2.43. The van der Waals surface area contributed by atoms with Gasteiger partial charge in [0.25, 0.3) is 5.69 Å². The molecule has 5 nitrogen and oxygen atoms in total. The van der Waals surface area contributed by atoms with Crippen LogP contribution in [0.2, 0.25) is 0 Å². The summed E-state index contributed by atoms with van der Waals surface area (Å²) in [5.41, 5.74) is 1.77. The van der Waals surface area contributed by atoms with Gasteiger partial charge in [-0.15, -0.1) is 11.6 Å². The Hall–Kier alpha value is -1.40. The molecule has 0 saturated carbocycles. The van der Waals surface area contributed by atoms with Crippen LogP contribution in [0.1, 0.15) is 11.1 Å². The second-order valence-electron chi connectivity index (χ2n) is 3.69. The Morgan fingerprint density at radius 2 is 2.28 bits per heavy atom. The number of rotatable bonds is 4. The molecule has 0 atom stereocenters. The highest BCUT2D eigenvalue weighted by molar-refractivity contribution is 9.10. The fourth-order valence-corrected chi connectivity index (χ4v) is 2.24. The Balaban J connectivity index is 2.29. The summed E-state index contributed by atoms with van der Waals surface area (Å²) in [6.07, 6.45) is 3.50. The first-order valence-electron chi connectivity index (χ1n) is 5.11. The van der Waals surface area contributed by atoms with Crippen molar-refractivity contribution in [1.82, 2.24) is 9.78 Å². The topological polar surface area (TPSA) is 61.0 Å². The van der Waals surface area contributed by atoms with Gasteiger partial charge < -0.3 is 0 Å². The summed E-state index contributed by atoms with van der Waals surface area (Å²) in [6.45, 7) is 0.457. The molecule has 0 aliphatic heterocycles. The second kappa shape index (κ2) is 5.49. The normalized spacial score (nSPS) is 10.6. The van der Waals surface area contributed by atoms with Crippen LogP contribution in [0.25, 0.3) is 0 Å². The summed E-state index contributed by atoms with van der Waals surface area (Å²) in [4.78, 5) is 10.4. The molecule has 0 unspecified atom stereocenters. The monoisotopic (exact) mass is 329 g/mol. The van der Waals surface area contributed by atoms with E-state index in [1.165, 1.54) is 6.07 Å². The van der Waals surface area contributed by atoms with E-state index in [-0.39, 0.29) is 5.69 Å². The zero-order valence-electron chi connectivity index (χ0n) is 9.22. The molecule has 18 heavy (non-hydrogen) atoms. The summed E-state index contributed by atoms with van der Waals surface area (Å²) in [5.74, 6) is 0.399. The van der Waals surface area contributed by atoms with Crippen LogP contribution < -0.4 is 0 Å². The van der Waals surface area contributed by atoms with Crippen LogP contribution in [0.5, 0.6) is 0 Å². The molecule has 2 rings (SSSR count). The minimum Gasteiger partial charge on any atom is -0.268 e. The molecule has 0 N–H and O–H groups in total. The molecular formula is C11H9BrClN3O2. The van der Waals surface area contributed by atoms with E-state index < -0.39 is 4.92 Å². The van der Waals surface area contributed by atoms with Gasteiger partial charge in [0.1, 0.15) is 4.47 Å². The molecule has 0 bridgehead atoms. The SMILES string of the molecule is O=[N+]([O-])c1cccc(Cn2cc(CCl)cn2)c1Br. The third kappa shape index (κ3) is 2.70. The van der Waals surface area contributed by atoms with Crippen LogP contribution in [0.15, 0.2) is 35.1 Å². The lowest BCUT2D eigenvalue weighted by molar-refractivity contribution is -0.385. The Kier molecular flexibility index (Phi) is 3.98. The van der Waals surface area contributed by atoms with Gasteiger partial charge in [-0.25, -0.2) is 0 Å². The van der Waals surface area contributed by atoms with Crippen molar-refractivity contribution in [2.24, 2.45) is 0 Å². The van der Waals surface area contributed by atoms with Gasteiger partial charge in [0.2, 0.25) is 0 Å². The predicted octanol–water partition coefficient (Wildman–Crippen LogP) is 3.34. The van der Waals surface area contributed by atoms with Gasteiger partial charge >= 0.3 is 0 Å². The van der Waals surface area contributed by atoms with Gasteiger partial charge in [-0.05, 0) is 21.5 Å². The molecule has 1 aromatic heterocycles. The minimum absolute atomic E-state index is 0.0530. The van der Waals surface area contributed by atoms with Gasteiger partial charge in [-0.1, -0.05) is 12.1 Å². The van der Waals surface area contributed by atoms with Crippen molar-refractivity contribution in [2.45, 2.75) is 12.4 Å². The van der Waals surface area contributed by atoms with Crippen molar-refractivity contribution in [3.63, 3.8) is 0 Å². The molecule has 0 radical (unpaired) electrons. The van der Waals surface area contributed by atoms with Crippen molar-refractivity contribution in [2.75, 3.05) is 0 Å². The molecule has 0 saturated heterocycles. The van der Waals surface area contributed by atoms with Crippen LogP contribution >= 0.6 is 27.5 Å². The molecule has 0 amide bonds. The first-order valence-corrected chi connectivity index (χ1v) is 6.43. The zero-order chi connectivity index (χ0) is 13.1. The van der Waals surface area contributed by atoms with Gasteiger partial charge in [0.05, 0.1) is 23.5 Å². The Morgan fingerprint density at radius 3 is 2.89 bits per heavy atom. The Labute approximate surface area is 117 Å². The molecule has 0 fully saturated rings. The van der Waals surface area contributed by atoms with E-state index in [0.717, 1.165) is 11.1 Å². The fourth-order valence-electron chi connectivity index (χ4n) is 1.57. The summed E-state index contributed by atoms with van der Waals surface area (Å²) >= 11 is 8.94. The molecule has 0 spiro atoms. The molecule has 2 aromatic rings. The highest BCUT2D eigenvalue weighted by Gasteiger charge is 2.15. The Bertz CT molecular complexity index is 585.